The van der Waals surface area contributed by atoms with Gasteiger partial charge < -0.3 is 5.32 Å². The number of thiophene rings is 1. The van der Waals surface area contributed by atoms with E-state index in [1.165, 1.54) is 35.0 Å². The topological polar surface area (TPSA) is 78.7 Å². The number of nitrogens with zero attached hydrogens (tertiary/aromatic N) is 3. The molecule has 0 bridgehead atoms. The van der Waals surface area contributed by atoms with E-state index >= 15 is 0 Å². The maximum Gasteiger partial charge on any atom is 0.231 e. The Morgan fingerprint density at radius 3 is 3.00 bits per heavy atom. The van der Waals surface area contributed by atoms with Gasteiger partial charge in [0.15, 0.2) is 0 Å². The van der Waals surface area contributed by atoms with E-state index < -0.39 is 5.54 Å². The highest BCUT2D eigenvalue weighted by atomic mass is 32.2. The zero-order chi connectivity index (χ0) is 17.4. The minimum Gasteiger partial charge on any atom is -0.337 e. The third kappa shape index (κ3) is 3.25. The van der Waals surface area contributed by atoms with E-state index in [0.29, 0.717) is 5.92 Å². The van der Waals surface area contributed by atoms with Crippen molar-refractivity contribution in [3.05, 3.63) is 16.8 Å². The van der Waals surface area contributed by atoms with Crippen LogP contribution in [-0.4, -0.2) is 27.2 Å². The van der Waals surface area contributed by atoms with Crippen molar-refractivity contribution in [2.24, 2.45) is 5.92 Å². The molecule has 2 aromatic rings. The summed E-state index contributed by atoms with van der Waals surface area (Å²) in [7, 11) is 0. The van der Waals surface area contributed by atoms with Crippen LogP contribution in [0.25, 0.3) is 10.2 Å². The smallest absolute Gasteiger partial charge is 0.231 e. The minimum absolute atomic E-state index is 0.100. The van der Waals surface area contributed by atoms with Crippen molar-refractivity contribution >= 4 is 39.2 Å². The molecule has 1 atom stereocenters. The molecule has 0 aromatic carbocycles. The SMILES string of the molecule is C[C@](C#N)(NC(=O)CSc1ncnc2sc3c(c12)CCCC3)C1CC1. The first-order valence-electron chi connectivity index (χ1n) is 8.71. The molecule has 2 heterocycles. The van der Waals surface area contributed by atoms with Crippen LogP contribution in [0.5, 0.6) is 0 Å². The number of rotatable bonds is 5. The summed E-state index contributed by atoms with van der Waals surface area (Å²) in [6, 6.07) is 2.27. The maximum atomic E-state index is 12.4. The van der Waals surface area contributed by atoms with Crippen LogP contribution in [0.2, 0.25) is 0 Å². The minimum atomic E-state index is -0.736. The van der Waals surface area contributed by atoms with Crippen molar-refractivity contribution in [1.29, 1.82) is 5.26 Å². The van der Waals surface area contributed by atoms with Gasteiger partial charge in [0.1, 0.15) is 21.7 Å². The van der Waals surface area contributed by atoms with Crippen LogP contribution in [-0.2, 0) is 17.6 Å². The second-order valence-corrected chi connectivity index (χ2v) is 9.04. The standard InChI is InChI=1S/C18H20N4OS2/c1-18(9-19,11-6-7-11)22-14(23)8-24-16-15-12-4-2-3-5-13(12)25-17(15)21-10-20-16/h10-11H,2-8H2,1H3,(H,22,23)/t18-/m1/s1. The first kappa shape index (κ1) is 16.8. The van der Waals surface area contributed by atoms with E-state index in [1.54, 1.807) is 17.7 Å². The lowest BCUT2D eigenvalue weighted by atomic mass is 9.97. The van der Waals surface area contributed by atoms with Gasteiger partial charge in [0.25, 0.3) is 0 Å². The second kappa shape index (κ2) is 6.58. The van der Waals surface area contributed by atoms with Crippen LogP contribution in [0.4, 0.5) is 0 Å². The Morgan fingerprint density at radius 1 is 1.44 bits per heavy atom. The van der Waals surface area contributed by atoms with Gasteiger partial charge in [0, 0.05) is 10.3 Å². The number of nitriles is 1. The van der Waals surface area contributed by atoms with E-state index in [1.807, 2.05) is 6.92 Å². The number of carbonyl (C=O) groups is 1. The molecule has 5 nitrogen and oxygen atoms in total. The van der Waals surface area contributed by atoms with E-state index in [4.69, 9.17) is 0 Å². The third-order valence-corrected chi connectivity index (χ3v) is 7.27. The van der Waals surface area contributed by atoms with Crippen molar-refractivity contribution in [1.82, 2.24) is 15.3 Å². The number of hydrogen-bond acceptors (Lipinski definition) is 6. The van der Waals surface area contributed by atoms with Gasteiger partial charge in [0.2, 0.25) is 5.91 Å². The lowest BCUT2D eigenvalue weighted by Gasteiger charge is -2.22. The molecule has 25 heavy (non-hydrogen) atoms. The molecule has 130 valence electrons. The third-order valence-electron chi connectivity index (χ3n) is 5.08. The van der Waals surface area contributed by atoms with Crippen LogP contribution in [0.3, 0.4) is 0 Å². The molecular formula is C18H20N4OS2. The fourth-order valence-corrected chi connectivity index (χ4v) is 5.63. The highest BCUT2D eigenvalue weighted by Gasteiger charge is 2.42. The Labute approximate surface area is 155 Å². The summed E-state index contributed by atoms with van der Waals surface area (Å²) in [5, 5.41) is 14.3. The molecule has 0 spiro atoms. The Morgan fingerprint density at radius 2 is 2.24 bits per heavy atom. The Kier molecular flexibility index (Phi) is 4.42. The first-order chi connectivity index (χ1) is 12.1. The summed E-state index contributed by atoms with van der Waals surface area (Å²) in [5.74, 6) is 0.471. The van der Waals surface area contributed by atoms with Gasteiger partial charge in [-0.25, -0.2) is 9.97 Å². The molecule has 1 amide bonds. The number of amides is 1. The fourth-order valence-electron chi connectivity index (χ4n) is 3.51. The van der Waals surface area contributed by atoms with Crippen molar-refractivity contribution in [2.75, 3.05) is 5.75 Å². The average Bonchev–Trinajstić information content (AvgIpc) is 3.41. The molecule has 2 aliphatic rings. The monoisotopic (exact) mass is 372 g/mol. The number of aryl methyl sites for hydroxylation is 2. The summed E-state index contributed by atoms with van der Waals surface area (Å²) >= 11 is 3.22. The van der Waals surface area contributed by atoms with E-state index in [-0.39, 0.29) is 11.7 Å². The maximum absolute atomic E-state index is 12.4. The zero-order valence-electron chi connectivity index (χ0n) is 14.2. The summed E-state index contributed by atoms with van der Waals surface area (Å²) in [6.07, 6.45) is 8.29. The van der Waals surface area contributed by atoms with E-state index in [2.05, 4.69) is 21.4 Å². The molecule has 2 aliphatic carbocycles. The fraction of sp³-hybridized carbons (Fsp3) is 0.556. The molecule has 0 aliphatic heterocycles. The number of nitrogens with one attached hydrogen (secondary N) is 1. The number of aromatic nitrogens is 2. The zero-order valence-corrected chi connectivity index (χ0v) is 15.8. The Hall–Kier alpha value is -1.65. The largest absolute Gasteiger partial charge is 0.337 e. The van der Waals surface area contributed by atoms with E-state index in [0.717, 1.165) is 40.9 Å². The van der Waals surface area contributed by atoms with Crippen LogP contribution in [0.1, 0.15) is 43.0 Å². The van der Waals surface area contributed by atoms with Crippen LogP contribution in [0, 0.1) is 17.2 Å². The van der Waals surface area contributed by atoms with Gasteiger partial charge in [-0.3, -0.25) is 4.79 Å². The molecule has 7 heteroatoms. The molecule has 0 radical (unpaired) electrons. The van der Waals surface area contributed by atoms with E-state index in [9.17, 15) is 10.1 Å². The lowest BCUT2D eigenvalue weighted by molar-refractivity contribution is -0.119. The van der Waals surface area contributed by atoms with Gasteiger partial charge in [-0.15, -0.1) is 11.3 Å². The predicted octanol–water partition coefficient (Wildman–Crippen LogP) is 3.47. The van der Waals surface area contributed by atoms with Gasteiger partial charge >= 0.3 is 0 Å². The Bertz CT molecular complexity index is 868. The number of thioether (sulfide) groups is 1. The van der Waals surface area contributed by atoms with Crippen molar-refractivity contribution in [3.63, 3.8) is 0 Å². The molecule has 0 unspecified atom stereocenters. The van der Waals surface area contributed by atoms with Crippen molar-refractivity contribution in [3.8, 4) is 6.07 Å². The summed E-state index contributed by atoms with van der Waals surface area (Å²) in [5.41, 5.74) is 0.648. The second-order valence-electron chi connectivity index (χ2n) is 7.00. The molecule has 1 N–H and O–H groups in total. The number of carbonyl (C=O) groups excluding carboxylic acids is 1. The summed E-state index contributed by atoms with van der Waals surface area (Å²) < 4.78 is 0. The molecule has 1 saturated carbocycles. The molecule has 2 aromatic heterocycles. The van der Waals surface area contributed by atoms with Gasteiger partial charge in [0.05, 0.1) is 11.8 Å². The van der Waals surface area contributed by atoms with Crippen LogP contribution in [0.15, 0.2) is 11.4 Å². The first-order valence-corrected chi connectivity index (χ1v) is 10.5. The molecule has 0 saturated heterocycles. The average molecular weight is 373 g/mol. The predicted molar refractivity (Wildman–Crippen MR) is 99.7 cm³/mol. The number of fused-ring (bicyclic) bond motifs is 3. The molecule has 4 rings (SSSR count). The highest BCUT2D eigenvalue weighted by Crippen LogP contribution is 2.40. The lowest BCUT2D eigenvalue weighted by Crippen LogP contribution is -2.47. The molecule has 1 fully saturated rings. The Balaban J connectivity index is 1.50. The molecular weight excluding hydrogens is 352 g/mol. The van der Waals surface area contributed by atoms with Crippen molar-refractivity contribution < 1.29 is 4.79 Å². The van der Waals surface area contributed by atoms with Gasteiger partial charge in [-0.1, -0.05) is 11.8 Å². The van der Waals surface area contributed by atoms with Gasteiger partial charge in [-0.2, -0.15) is 5.26 Å². The summed E-state index contributed by atoms with van der Waals surface area (Å²) in [4.78, 5) is 23.7. The summed E-state index contributed by atoms with van der Waals surface area (Å²) in [6.45, 7) is 1.82. The van der Waals surface area contributed by atoms with Crippen molar-refractivity contribution in [2.45, 2.75) is 56.0 Å². The number of hydrogen-bond donors (Lipinski definition) is 1. The normalized spacial score (nSPS) is 19.0. The van der Waals surface area contributed by atoms with Gasteiger partial charge in [-0.05, 0) is 56.9 Å². The van der Waals surface area contributed by atoms with Crippen LogP contribution >= 0.6 is 23.1 Å². The van der Waals surface area contributed by atoms with Crippen LogP contribution < -0.4 is 5.32 Å². The quantitative estimate of drug-likeness (QED) is 0.642. The highest BCUT2D eigenvalue weighted by molar-refractivity contribution is 8.00.